The second-order valence-corrected chi connectivity index (χ2v) is 7.26. The number of carbonyl (C=O) groups is 1. The summed E-state index contributed by atoms with van der Waals surface area (Å²) in [5.74, 6) is -0.362. The Bertz CT molecular complexity index is 422. The maximum absolute atomic E-state index is 12.0. The molecule has 1 amide bonds. The van der Waals surface area contributed by atoms with E-state index in [2.05, 4.69) is 15.4 Å². The molecule has 3 N–H and O–H groups in total. The van der Waals surface area contributed by atoms with Crippen LogP contribution in [0.3, 0.4) is 0 Å². The van der Waals surface area contributed by atoms with Gasteiger partial charge in [-0.15, -0.1) is 0 Å². The molecular weight excluding hydrogens is 270 g/mol. The first kappa shape index (κ1) is 16.4. The fourth-order valence-corrected chi connectivity index (χ4v) is 3.15. The van der Waals surface area contributed by atoms with Crippen LogP contribution in [0.25, 0.3) is 0 Å². The molecule has 1 rings (SSSR count). The Kier molecular flexibility index (Phi) is 5.31. The van der Waals surface area contributed by atoms with Gasteiger partial charge in [-0.05, 0) is 20.9 Å². The van der Waals surface area contributed by atoms with E-state index in [0.29, 0.717) is 13.2 Å². The monoisotopic (exact) mass is 293 g/mol. The first-order valence-corrected chi connectivity index (χ1v) is 8.05. The Morgan fingerprint density at radius 2 is 2.00 bits per heavy atom. The molecule has 0 aromatic heterocycles. The summed E-state index contributed by atoms with van der Waals surface area (Å²) in [5.41, 5.74) is -0.724. The van der Waals surface area contributed by atoms with Crippen LogP contribution in [-0.2, 0) is 19.6 Å². The molecule has 19 heavy (non-hydrogen) atoms. The zero-order valence-electron chi connectivity index (χ0n) is 11.8. The van der Waals surface area contributed by atoms with E-state index in [1.54, 1.807) is 20.9 Å². The van der Waals surface area contributed by atoms with Crippen molar-refractivity contribution < 1.29 is 17.9 Å². The molecule has 0 aliphatic carbocycles. The average molecular weight is 293 g/mol. The van der Waals surface area contributed by atoms with Crippen LogP contribution in [0.2, 0.25) is 0 Å². The molecule has 0 aromatic rings. The van der Waals surface area contributed by atoms with Crippen molar-refractivity contribution in [1.82, 2.24) is 15.4 Å². The third kappa shape index (κ3) is 5.43. The Hall–Kier alpha value is -0.700. The maximum atomic E-state index is 12.0. The lowest BCUT2D eigenvalue weighted by atomic mass is 10.0. The number of amides is 1. The maximum Gasteiger partial charge on any atom is 0.227 e. The van der Waals surface area contributed by atoms with E-state index in [1.807, 2.05) is 0 Å². The van der Waals surface area contributed by atoms with Gasteiger partial charge in [-0.1, -0.05) is 0 Å². The van der Waals surface area contributed by atoms with Gasteiger partial charge < -0.3 is 15.4 Å². The molecular formula is C11H23N3O4S. The van der Waals surface area contributed by atoms with Crippen LogP contribution in [0.5, 0.6) is 0 Å². The van der Waals surface area contributed by atoms with Gasteiger partial charge >= 0.3 is 0 Å². The third-order valence-corrected chi connectivity index (χ3v) is 3.88. The Balaban J connectivity index is 2.49. The van der Waals surface area contributed by atoms with E-state index < -0.39 is 15.6 Å². The predicted molar refractivity (Wildman–Crippen MR) is 72.2 cm³/mol. The second kappa shape index (κ2) is 6.17. The molecule has 0 radical (unpaired) electrons. The van der Waals surface area contributed by atoms with Gasteiger partial charge in [0.25, 0.3) is 0 Å². The fraction of sp³-hybridized carbons (Fsp3) is 0.909. The van der Waals surface area contributed by atoms with Gasteiger partial charge in [0.15, 0.2) is 0 Å². The number of rotatable bonds is 6. The van der Waals surface area contributed by atoms with Crippen LogP contribution in [0.1, 0.15) is 13.8 Å². The minimum absolute atomic E-state index is 0.00554. The zero-order chi connectivity index (χ0) is 14.7. The van der Waals surface area contributed by atoms with E-state index in [-0.39, 0.29) is 24.4 Å². The van der Waals surface area contributed by atoms with Crippen molar-refractivity contribution in [1.29, 1.82) is 0 Å². The number of hydrogen-bond acceptors (Lipinski definition) is 5. The van der Waals surface area contributed by atoms with Gasteiger partial charge in [0.2, 0.25) is 15.9 Å². The van der Waals surface area contributed by atoms with Gasteiger partial charge in [-0.2, -0.15) is 0 Å². The van der Waals surface area contributed by atoms with E-state index in [9.17, 15) is 13.2 Å². The predicted octanol–water partition coefficient (Wildman–Crippen LogP) is -1.34. The molecule has 1 aliphatic rings. The SMILES string of the molecule is CNC1COCC1C(=O)NCC(C)(C)NS(C)(=O)=O. The molecule has 1 aliphatic heterocycles. The van der Waals surface area contributed by atoms with Gasteiger partial charge in [0, 0.05) is 18.1 Å². The van der Waals surface area contributed by atoms with Crippen LogP contribution in [0.15, 0.2) is 0 Å². The number of hydrogen-bond donors (Lipinski definition) is 3. The molecule has 0 bridgehead atoms. The number of nitrogens with one attached hydrogen (secondary N) is 3. The molecule has 0 aromatic carbocycles. The van der Waals surface area contributed by atoms with Gasteiger partial charge in [0.05, 0.1) is 25.4 Å². The summed E-state index contributed by atoms with van der Waals surface area (Å²) in [4.78, 5) is 12.0. The van der Waals surface area contributed by atoms with Crippen molar-refractivity contribution >= 4 is 15.9 Å². The zero-order valence-corrected chi connectivity index (χ0v) is 12.6. The summed E-state index contributed by atoms with van der Waals surface area (Å²) < 4.78 is 30.1. The Morgan fingerprint density at radius 3 is 2.53 bits per heavy atom. The summed E-state index contributed by atoms with van der Waals surface area (Å²) in [6.07, 6.45) is 1.10. The van der Waals surface area contributed by atoms with Crippen LogP contribution in [-0.4, -0.2) is 59.0 Å². The summed E-state index contributed by atoms with van der Waals surface area (Å²) in [5, 5.41) is 5.80. The first-order valence-electron chi connectivity index (χ1n) is 6.16. The topological polar surface area (TPSA) is 96.5 Å². The van der Waals surface area contributed by atoms with Crippen LogP contribution in [0, 0.1) is 5.92 Å². The quantitative estimate of drug-likeness (QED) is 0.563. The van der Waals surface area contributed by atoms with E-state index in [1.165, 1.54) is 0 Å². The lowest BCUT2D eigenvalue weighted by molar-refractivity contribution is -0.125. The first-order chi connectivity index (χ1) is 8.64. The van der Waals surface area contributed by atoms with Crippen LogP contribution in [0.4, 0.5) is 0 Å². The van der Waals surface area contributed by atoms with Crippen molar-refractivity contribution in [2.24, 2.45) is 5.92 Å². The largest absolute Gasteiger partial charge is 0.379 e. The fourth-order valence-electron chi connectivity index (χ4n) is 2.07. The van der Waals surface area contributed by atoms with E-state index in [4.69, 9.17) is 4.74 Å². The molecule has 1 fully saturated rings. The molecule has 0 saturated carbocycles. The van der Waals surface area contributed by atoms with Crippen molar-refractivity contribution in [3.63, 3.8) is 0 Å². The summed E-state index contributed by atoms with van der Waals surface area (Å²) in [6, 6.07) is 0.00554. The lowest BCUT2D eigenvalue weighted by Crippen LogP contribution is -2.53. The summed E-state index contributed by atoms with van der Waals surface area (Å²) in [7, 11) is -1.52. The normalized spacial score (nSPS) is 24.4. The molecule has 0 spiro atoms. The molecule has 112 valence electrons. The minimum Gasteiger partial charge on any atom is -0.379 e. The molecule has 1 heterocycles. The average Bonchev–Trinajstić information content (AvgIpc) is 2.70. The van der Waals surface area contributed by atoms with E-state index >= 15 is 0 Å². The van der Waals surface area contributed by atoms with Gasteiger partial charge in [0.1, 0.15) is 0 Å². The standard InChI is InChI=1S/C11H23N3O4S/c1-11(2,14-19(4,16)17)7-13-10(15)8-5-18-6-9(8)12-3/h8-9,12,14H,5-7H2,1-4H3,(H,13,15). The molecule has 7 nitrogen and oxygen atoms in total. The van der Waals surface area contributed by atoms with Crippen LogP contribution >= 0.6 is 0 Å². The van der Waals surface area contributed by atoms with Crippen molar-refractivity contribution in [2.75, 3.05) is 33.1 Å². The smallest absolute Gasteiger partial charge is 0.227 e. The summed E-state index contributed by atoms with van der Waals surface area (Å²) >= 11 is 0. The van der Waals surface area contributed by atoms with E-state index in [0.717, 1.165) is 6.26 Å². The third-order valence-electron chi connectivity index (χ3n) is 2.95. The highest BCUT2D eigenvalue weighted by Gasteiger charge is 2.33. The second-order valence-electron chi connectivity index (χ2n) is 5.52. The minimum atomic E-state index is -3.30. The number of ether oxygens (including phenoxy) is 1. The Morgan fingerprint density at radius 1 is 1.37 bits per heavy atom. The molecule has 2 unspecified atom stereocenters. The number of sulfonamides is 1. The highest BCUT2D eigenvalue weighted by Crippen LogP contribution is 2.13. The van der Waals surface area contributed by atoms with Crippen molar-refractivity contribution in [3.05, 3.63) is 0 Å². The van der Waals surface area contributed by atoms with Crippen LogP contribution < -0.4 is 15.4 Å². The molecule has 1 saturated heterocycles. The van der Waals surface area contributed by atoms with Gasteiger partial charge in [-0.25, -0.2) is 13.1 Å². The van der Waals surface area contributed by atoms with Gasteiger partial charge in [-0.3, -0.25) is 4.79 Å². The van der Waals surface area contributed by atoms with Crippen molar-refractivity contribution in [2.45, 2.75) is 25.4 Å². The number of carbonyl (C=O) groups excluding carboxylic acids is 1. The highest BCUT2D eigenvalue weighted by molar-refractivity contribution is 7.88. The Labute approximate surface area is 114 Å². The molecule has 8 heteroatoms. The molecule has 2 atom stereocenters. The number of likely N-dealkylation sites (N-methyl/N-ethyl adjacent to an activating group) is 1. The summed E-state index contributed by atoms with van der Waals surface area (Å²) in [6.45, 7) is 4.56. The van der Waals surface area contributed by atoms with Crippen molar-refractivity contribution in [3.8, 4) is 0 Å². The highest BCUT2D eigenvalue weighted by atomic mass is 32.2. The lowest BCUT2D eigenvalue weighted by Gasteiger charge is -2.26.